The molecule has 1 aliphatic heterocycles. The topological polar surface area (TPSA) is 101 Å². The van der Waals surface area contributed by atoms with Gasteiger partial charge in [0.2, 0.25) is 5.91 Å². The number of imidazole rings is 1. The lowest BCUT2D eigenvalue weighted by Gasteiger charge is -2.41. The molecule has 3 aromatic rings. The predicted molar refractivity (Wildman–Crippen MR) is 127 cm³/mol. The van der Waals surface area contributed by atoms with Gasteiger partial charge in [-0.2, -0.15) is 0 Å². The van der Waals surface area contributed by atoms with Gasteiger partial charge in [0.1, 0.15) is 6.54 Å². The van der Waals surface area contributed by atoms with Crippen LogP contribution in [0, 0.1) is 0 Å². The zero-order valence-electron chi connectivity index (χ0n) is 20.1. The summed E-state index contributed by atoms with van der Waals surface area (Å²) in [5.41, 5.74) is -0.151. The first-order valence-electron chi connectivity index (χ1n) is 11.4. The molecule has 0 aliphatic carbocycles. The van der Waals surface area contributed by atoms with E-state index in [1.807, 2.05) is 51.1 Å². The van der Waals surface area contributed by atoms with Crippen molar-refractivity contribution in [2.24, 2.45) is 0 Å². The van der Waals surface area contributed by atoms with Gasteiger partial charge >= 0.3 is 5.69 Å². The van der Waals surface area contributed by atoms with E-state index in [4.69, 9.17) is 9.47 Å². The zero-order chi connectivity index (χ0) is 24.5. The molecule has 1 unspecified atom stereocenters. The van der Waals surface area contributed by atoms with Gasteiger partial charge in [0.15, 0.2) is 11.2 Å². The molecule has 1 aromatic carbocycles. The molecule has 0 N–H and O–H groups in total. The molecule has 0 saturated carbocycles. The number of carbonyl (C=O) groups is 1. The molecule has 4 rings (SSSR count). The second-order valence-corrected chi connectivity index (χ2v) is 9.31. The van der Waals surface area contributed by atoms with Gasteiger partial charge < -0.3 is 18.9 Å². The fourth-order valence-corrected chi connectivity index (χ4v) is 4.52. The fourth-order valence-electron chi connectivity index (χ4n) is 4.52. The number of amides is 1. The van der Waals surface area contributed by atoms with E-state index in [2.05, 4.69) is 4.98 Å². The van der Waals surface area contributed by atoms with Gasteiger partial charge in [-0.25, -0.2) is 14.3 Å². The van der Waals surface area contributed by atoms with Crippen LogP contribution in [-0.2, 0) is 33.9 Å². The van der Waals surface area contributed by atoms with Crippen LogP contribution < -0.4 is 11.2 Å². The quantitative estimate of drug-likeness (QED) is 0.513. The number of aromatic nitrogens is 4. The Labute approximate surface area is 197 Å². The first-order chi connectivity index (χ1) is 16.2. The van der Waals surface area contributed by atoms with Gasteiger partial charge in [-0.1, -0.05) is 30.3 Å². The summed E-state index contributed by atoms with van der Waals surface area (Å²) in [6.07, 6.45) is 1.39. The minimum absolute atomic E-state index is 0.142. The second kappa shape index (κ2) is 9.55. The van der Waals surface area contributed by atoms with Crippen molar-refractivity contribution in [1.82, 2.24) is 23.6 Å². The maximum atomic E-state index is 13.5. The summed E-state index contributed by atoms with van der Waals surface area (Å²) >= 11 is 0. The lowest BCUT2D eigenvalue weighted by molar-refractivity contribution is -0.158. The Hall–Kier alpha value is -3.24. The molecule has 1 saturated heterocycles. The van der Waals surface area contributed by atoms with Crippen molar-refractivity contribution in [2.75, 3.05) is 26.8 Å². The van der Waals surface area contributed by atoms with Crippen LogP contribution in [0.1, 0.15) is 26.3 Å². The van der Waals surface area contributed by atoms with Crippen molar-refractivity contribution in [3.8, 4) is 0 Å². The van der Waals surface area contributed by atoms with Gasteiger partial charge in [-0.3, -0.25) is 14.2 Å². The van der Waals surface area contributed by atoms with Crippen LogP contribution in [0.3, 0.4) is 0 Å². The summed E-state index contributed by atoms with van der Waals surface area (Å²) in [6.45, 7) is 7.19. The lowest BCUT2D eigenvalue weighted by Crippen LogP contribution is -2.55. The number of hydrogen-bond donors (Lipinski definition) is 0. The van der Waals surface area contributed by atoms with Crippen LogP contribution in [0.5, 0.6) is 0 Å². The highest BCUT2D eigenvalue weighted by molar-refractivity contribution is 5.77. The van der Waals surface area contributed by atoms with E-state index in [0.717, 1.165) is 10.1 Å². The van der Waals surface area contributed by atoms with Crippen molar-refractivity contribution in [2.45, 2.75) is 52.1 Å². The molecule has 10 heteroatoms. The number of morpholine rings is 1. The maximum Gasteiger partial charge on any atom is 0.333 e. The summed E-state index contributed by atoms with van der Waals surface area (Å²) < 4.78 is 15.2. The molecule has 1 aliphatic rings. The van der Waals surface area contributed by atoms with Crippen LogP contribution in [0.15, 0.2) is 46.2 Å². The fraction of sp³-hybridized carbons (Fsp3) is 0.500. The largest absolute Gasteiger partial charge is 0.383 e. The molecule has 0 bridgehead atoms. The van der Waals surface area contributed by atoms with Crippen LogP contribution in [0.25, 0.3) is 11.2 Å². The molecular formula is C24H31N5O5. The van der Waals surface area contributed by atoms with E-state index in [9.17, 15) is 14.4 Å². The zero-order valence-corrected chi connectivity index (χ0v) is 20.1. The average molecular weight is 470 g/mol. The van der Waals surface area contributed by atoms with Gasteiger partial charge in [0, 0.05) is 26.7 Å². The average Bonchev–Trinajstić information content (AvgIpc) is 3.21. The van der Waals surface area contributed by atoms with Crippen LogP contribution in [0.4, 0.5) is 0 Å². The number of fused-ring (bicyclic) bond motifs is 1. The highest BCUT2D eigenvalue weighted by atomic mass is 16.5. The molecule has 1 amide bonds. The van der Waals surface area contributed by atoms with E-state index in [0.29, 0.717) is 31.9 Å². The Kier molecular flexibility index (Phi) is 6.72. The van der Waals surface area contributed by atoms with Gasteiger partial charge in [0.05, 0.1) is 31.2 Å². The third-order valence-corrected chi connectivity index (χ3v) is 5.92. The lowest BCUT2D eigenvalue weighted by atomic mass is 10.1. The molecule has 2 aromatic heterocycles. The first-order valence-corrected chi connectivity index (χ1v) is 11.4. The van der Waals surface area contributed by atoms with Gasteiger partial charge in [-0.15, -0.1) is 0 Å². The number of ether oxygens (including phenoxy) is 2. The molecular weight excluding hydrogens is 438 g/mol. The molecule has 182 valence electrons. The SMILES string of the molecule is COCCn1cnc2c1c(=O)n(CC(=O)N1CC(C)OC(C)(C)C1)c(=O)n2Cc1ccccc1. The number of nitrogens with zero attached hydrogens (tertiary/aromatic N) is 5. The van der Waals surface area contributed by atoms with E-state index >= 15 is 0 Å². The maximum absolute atomic E-state index is 13.5. The summed E-state index contributed by atoms with van der Waals surface area (Å²) in [5.74, 6) is -0.295. The normalized spacial score (nSPS) is 17.9. The molecule has 1 atom stereocenters. The number of benzene rings is 1. The minimum atomic E-state index is -0.563. The van der Waals surface area contributed by atoms with E-state index < -0.39 is 16.9 Å². The Morgan fingerprint density at radius 3 is 2.62 bits per heavy atom. The Morgan fingerprint density at radius 1 is 1.21 bits per heavy atom. The van der Waals surface area contributed by atoms with Crippen molar-refractivity contribution in [3.63, 3.8) is 0 Å². The van der Waals surface area contributed by atoms with Crippen molar-refractivity contribution >= 4 is 17.1 Å². The van der Waals surface area contributed by atoms with Crippen LogP contribution in [-0.4, -0.2) is 68.0 Å². The number of methoxy groups -OCH3 is 1. The van der Waals surface area contributed by atoms with Crippen molar-refractivity contribution < 1.29 is 14.3 Å². The smallest absolute Gasteiger partial charge is 0.333 e. The molecule has 3 heterocycles. The number of carbonyl (C=O) groups excluding carboxylic acids is 1. The predicted octanol–water partition coefficient (Wildman–Crippen LogP) is 1.08. The number of hydrogen-bond acceptors (Lipinski definition) is 6. The highest BCUT2D eigenvalue weighted by Gasteiger charge is 2.34. The molecule has 1 fully saturated rings. The molecule has 34 heavy (non-hydrogen) atoms. The third kappa shape index (κ3) is 4.83. The second-order valence-electron chi connectivity index (χ2n) is 9.31. The Balaban J connectivity index is 1.78. The Morgan fingerprint density at radius 2 is 1.94 bits per heavy atom. The van der Waals surface area contributed by atoms with Crippen LogP contribution in [0.2, 0.25) is 0 Å². The van der Waals surface area contributed by atoms with E-state index in [1.165, 1.54) is 10.9 Å². The van der Waals surface area contributed by atoms with E-state index in [1.54, 1.807) is 16.6 Å². The summed E-state index contributed by atoms with van der Waals surface area (Å²) in [4.78, 5) is 46.2. The molecule has 0 radical (unpaired) electrons. The van der Waals surface area contributed by atoms with Crippen molar-refractivity contribution in [1.29, 1.82) is 0 Å². The van der Waals surface area contributed by atoms with E-state index in [-0.39, 0.29) is 30.6 Å². The Bertz CT molecular complexity index is 1290. The number of rotatable bonds is 7. The first kappa shape index (κ1) is 23.9. The van der Waals surface area contributed by atoms with Crippen LogP contribution >= 0.6 is 0 Å². The monoisotopic (exact) mass is 469 g/mol. The molecule has 10 nitrogen and oxygen atoms in total. The van der Waals surface area contributed by atoms with Gasteiger partial charge in [0.25, 0.3) is 5.56 Å². The standard InChI is InChI=1S/C24H31N5O5/c1-17-12-27(15-24(2,3)34-17)19(30)14-29-22(31)20-21(25-16-26(20)10-11-33-4)28(23(29)32)13-18-8-6-5-7-9-18/h5-9,16-17H,10-15H2,1-4H3. The third-order valence-electron chi connectivity index (χ3n) is 5.92. The van der Waals surface area contributed by atoms with Gasteiger partial charge in [-0.05, 0) is 26.3 Å². The van der Waals surface area contributed by atoms with Crippen molar-refractivity contribution in [3.05, 3.63) is 63.1 Å². The highest BCUT2D eigenvalue weighted by Crippen LogP contribution is 2.21. The molecule has 0 spiro atoms. The summed E-state index contributed by atoms with van der Waals surface area (Å²) in [6, 6.07) is 9.47. The summed E-state index contributed by atoms with van der Waals surface area (Å²) in [5, 5.41) is 0. The minimum Gasteiger partial charge on any atom is -0.383 e. The summed E-state index contributed by atoms with van der Waals surface area (Å²) in [7, 11) is 1.58.